The third kappa shape index (κ3) is 6.83. The summed E-state index contributed by atoms with van der Waals surface area (Å²) in [5.74, 6) is -0.352. The Morgan fingerprint density at radius 3 is 2.79 bits per heavy atom. The third-order valence-corrected chi connectivity index (χ3v) is 3.48. The maximum absolute atomic E-state index is 11.6. The second-order valence-corrected chi connectivity index (χ2v) is 5.38. The predicted octanol–water partition coefficient (Wildman–Crippen LogP) is 2.58. The zero-order valence-electron chi connectivity index (χ0n) is 13.8. The molecule has 2 atom stereocenters. The van der Waals surface area contributed by atoms with Gasteiger partial charge < -0.3 is 19.5 Å². The normalized spacial score (nSPS) is 19.0. The number of hydrogen-bond donors (Lipinski definition) is 1. The fourth-order valence-corrected chi connectivity index (χ4v) is 2.19. The largest absolute Gasteiger partial charge is 0.463 e. The minimum absolute atomic E-state index is 0.0283. The SMILES string of the molecule is CCOC(=O)/C=C/[C@H]1O[C@@H]1CCCNC(=O)OCc1ccccc1. The number of benzene rings is 1. The average Bonchev–Trinajstić information content (AvgIpc) is 3.35. The molecule has 1 aromatic rings. The Morgan fingerprint density at radius 1 is 1.25 bits per heavy atom. The van der Waals surface area contributed by atoms with Gasteiger partial charge in [0.05, 0.1) is 12.7 Å². The first-order valence-corrected chi connectivity index (χ1v) is 8.14. The van der Waals surface area contributed by atoms with Crippen molar-refractivity contribution in [3.8, 4) is 0 Å². The highest BCUT2D eigenvalue weighted by atomic mass is 16.6. The van der Waals surface area contributed by atoms with Gasteiger partial charge in [0.15, 0.2) is 0 Å². The van der Waals surface area contributed by atoms with Crippen molar-refractivity contribution in [3.63, 3.8) is 0 Å². The highest BCUT2D eigenvalue weighted by Gasteiger charge is 2.35. The van der Waals surface area contributed by atoms with Gasteiger partial charge in [-0.05, 0) is 31.4 Å². The van der Waals surface area contributed by atoms with Crippen LogP contribution < -0.4 is 5.32 Å². The van der Waals surface area contributed by atoms with Crippen molar-refractivity contribution in [2.75, 3.05) is 13.2 Å². The standard InChI is InChI=1S/C18H23NO5/c1-2-22-17(20)11-10-16-15(24-16)9-6-12-19-18(21)23-13-14-7-4-3-5-8-14/h3-5,7-8,10-11,15-16H,2,6,9,12-13H2,1H3,(H,19,21)/b11-10+/t15-,16-/m1/s1. The molecule has 2 rings (SSSR count). The number of rotatable bonds is 9. The minimum Gasteiger partial charge on any atom is -0.463 e. The molecular weight excluding hydrogens is 310 g/mol. The highest BCUT2D eigenvalue weighted by Crippen LogP contribution is 2.27. The Bertz CT molecular complexity index is 558. The summed E-state index contributed by atoms with van der Waals surface area (Å²) in [7, 11) is 0. The second kappa shape index (κ2) is 9.72. The lowest BCUT2D eigenvalue weighted by molar-refractivity contribution is -0.137. The van der Waals surface area contributed by atoms with E-state index < -0.39 is 6.09 Å². The summed E-state index contributed by atoms with van der Waals surface area (Å²) in [6.07, 6.45) is 4.37. The van der Waals surface area contributed by atoms with Gasteiger partial charge in [-0.15, -0.1) is 0 Å². The number of epoxide rings is 1. The van der Waals surface area contributed by atoms with Crippen molar-refractivity contribution >= 4 is 12.1 Å². The summed E-state index contributed by atoms with van der Waals surface area (Å²) in [6, 6.07) is 9.53. The van der Waals surface area contributed by atoms with E-state index in [1.165, 1.54) is 6.08 Å². The number of carbonyl (C=O) groups is 2. The Labute approximate surface area is 141 Å². The van der Waals surface area contributed by atoms with Gasteiger partial charge in [-0.25, -0.2) is 9.59 Å². The van der Waals surface area contributed by atoms with E-state index in [-0.39, 0.29) is 24.8 Å². The van der Waals surface area contributed by atoms with Crippen LogP contribution in [-0.4, -0.2) is 37.4 Å². The van der Waals surface area contributed by atoms with Gasteiger partial charge in [0.25, 0.3) is 0 Å². The molecule has 0 aromatic heterocycles. The first-order valence-electron chi connectivity index (χ1n) is 8.14. The minimum atomic E-state index is -0.422. The fraction of sp³-hybridized carbons (Fsp3) is 0.444. The average molecular weight is 333 g/mol. The molecule has 24 heavy (non-hydrogen) atoms. The van der Waals surface area contributed by atoms with E-state index in [9.17, 15) is 9.59 Å². The molecule has 0 saturated carbocycles. The van der Waals surface area contributed by atoms with E-state index >= 15 is 0 Å². The zero-order chi connectivity index (χ0) is 17.2. The van der Waals surface area contributed by atoms with E-state index in [0.29, 0.717) is 13.2 Å². The van der Waals surface area contributed by atoms with Crippen LogP contribution in [0, 0.1) is 0 Å². The van der Waals surface area contributed by atoms with Gasteiger partial charge in [-0.1, -0.05) is 30.3 Å². The Hall–Kier alpha value is -2.34. The van der Waals surface area contributed by atoms with Crippen LogP contribution >= 0.6 is 0 Å². The number of hydrogen-bond acceptors (Lipinski definition) is 5. The molecule has 0 aliphatic carbocycles. The van der Waals surface area contributed by atoms with E-state index in [1.54, 1.807) is 13.0 Å². The van der Waals surface area contributed by atoms with Gasteiger partial charge in [-0.2, -0.15) is 0 Å². The Kier molecular flexibility index (Phi) is 7.29. The summed E-state index contributed by atoms with van der Waals surface area (Å²) in [6.45, 7) is 2.92. The molecule has 1 aliphatic rings. The van der Waals surface area contributed by atoms with Crippen molar-refractivity contribution < 1.29 is 23.8 Å². The lowest BCUT2D eigenvalue weighted by Gasteiger charge is -2.06. The molecule has 0 bridgehead atoms. The highest BCUT2D eigenvalue weighted by molar-refractivity contribution is 5.82. The second-order valence-electron chi connectivity index (χ2n) is 5.38. The molecule has 1 aliphatic heterocycles. The van der Waals surface area contributed by atoms with Crippen LogP contribution in [0.5, 0.6) is 0 Å². The quantitative estimate of drug-likeness (QED) is 0.325. The molecule has 1 saturated heterocycles. The number of amides is 1. The van der Waals surface area contributed by atoms with Crippen LogP contribution in [0.3, 0.4) is 0 Å². The van der Waals surface area contributed by atoms with Crippen molar-refractivity contribution in [2.24, 2.45) is 0 Å². The first-order chi connectivity index (χ1) is 11.7. The molecule has 6 nitrogen and oxygen atoms in total. The van der Waals surface area contributed by atoms with Gasteiger partial charge in [0.1, 0.15) is 12.7 Å². The molecule has 1 N–H and O–H groups in total. The molecule has 1 aromatic carbocycles. The van der Waals surface area contributed by atoms with E-state index in [2.05, 4.69) is 5.32 Å². The molecular formula is C18H23NO5. The molecule has 1 amide bonds. The van der Waals surface area contributed by atoms with Crippen molar-refractivity contribution in [2.45, 2.75) is 38.6 Å². The van der Waals surface area contributed by atoms with Gasteiger partial charge in [0, 0.05) is 12.6 Å². The first kappa shape index (κ1) is 18.0. The van der Waals surface area contributed by atoms with Crippen molar-refractivity contribution in [3.05, 3.63) is 48.0 Å². The summed E-state index contributed by atoms with van der Waals surface area (Å²) >= 11 is 0. The van der Waals surface area contributed by atoms with Crippen LogP contribution in [-0.2, 0) is 25.6 Å². The number of esters is 1. The molecule has 1 fully saturated rings. The van der Waals surface area contributed by atoms with Gasteiger partial charge >= 0.3 is 12.1 Å². The summed E-state index contributed by atoms with van der Waals surface area (Å²) < 4.78 is 15.3. The number of nitrogens with one attached hydrogen (secondary N) is 1. The molecule has 1 heterocycles. The monoisotopic (exact) mass is 333 g/mol. The van der Waals surface area contributed by atoms with Crippen LogP contribution in [0.4, 0.5) is 4.79 Å². The maximum Gasteiger partial charge on any atom is 0.407 e. The lowest BCUT2D eigenvalue weighted by atomic mass is 10.2. The summed E-state index contributed by atoms with van der Waals surface area (Å²) in [5, 5.41) is 2.71. The molecule has 0 radical (unpaired) electrons. The smallest absolute Gasteiger partial charge is 0.407 e. The van der Waals surface area contributed by atoms with Gasteiger partial charge in [0.2, 0.25) is 0 Å². The third-order valence-electron chi connectivity index (χ3n) is 3.48. The molecule has 0 spiro atoms. The number of alkyl carbamates (subject to hydrolysis) is 1. The summed E-state index contributed by atoms with van der Waals surface area (Å²) in [5.41, 5.74) is 0.954. The molecule has 130 valence electrons. The van der Waals surface area contributed by atoms with Crippen LogP contribution in [0.15, 0.2) is 42.5 Å². The molecule has 0 unspecified atom stereocenters. The van der Waals surface area contributed by atoms with Crippen LogP contribution in [0.2, 0.25) is 0 Å². The van der Waals surface area contributed by atoms with Crippen molar-refractivity contribution in [1.29, 1.82) is 0 Å². The van der Waals surface area contributed by atoms with Crippen LogP contribution in [0.1, 0.15) is 25.3 Å². The predicted molar refractivity (Wildman–Crippen MR) is 88.3 cm³/mol. The Balaban J connectivity index is 1.50. The Morgan fingerprint density at radius 2 is 2.04 bits per heavy atom. The molecule has 6 heteroatoms. The maximum atomic E-state index is 11.6. The van der Waals surface area contributed by atoms with E-state index in [1.807, 2.05) is 30.3 Å². The van der Waals surface area contributed by atoms with E-state index in [4.69, 9.17) is 14.2 Å². The summed E-state index contributed by atoms with van der Waals surface area (Å²) in [4.78, 5) is 22.7. The topological polar surface area (TPSA) is 77.2 Å². The van der Waals surface area contributed by atoms with Crippen LogP contribution in [0.25, 0.3) is 0 Å². The zero-order valence-corrected chi connectivity index (χ0v) is 13.8. The van der Waals surface area contributed by atoms with Crippen molar-refractivity contribution in [1.82, 2.24) is 5.32 Å². The van der Waals surface area contributed by atoms with E-state index in [0.717, 1.165) is 18.4 Å². The number of ether oxygens (including phenoxy) is 3. The fourth-order valence-electron chi connectivity index (χ4n) is 2.19. The lowest BCUT2D eigenvalue weighted by Crippen LogP contribution is -2.25. The van der Waals surface area contributed by atoms with Gasteiger partial charge in [-0.3, -0.25) is 0 Å². The number of carbonyl (C=O) groups excluding carboxylic acids is 2.